The van der Waals surface area contributed by atoms with E-state index in [1.54, 1.807) is 13.2 Å². The largest absolute Gasteiger partial charge is 0.383 e. The molecule has 0 bridgehead atoms. The van der Waals surface area contributed by atoms with Crippen molar-refractivity contribution in [3.63, 3.8) is 0 Å². The van der Waals surface area contributed by atoms with Crippen LogP contribution in [0.3, 0.4) is 0 Å². The zero-order valence-corrected chi connectivity index (χ0v) is 11.3. The van der Waals surface area contributed by atoms with Gasteiger partial charge in [0.05, 0.1) is 13.2 Å². The molecule has 5 nitrogen and oxygen atoms in total. The maximum Gasteiger partial charge on any atom is 0.243 e. The first-order chi connectivity index (χ1) is 8.17. The molecule has 0 radical (unpaired) electrons. The van der Waals surface area contributed by atoms with E-state index in [-0.39, 0.29) is 24.9 Å². The highest BCUT2D eigenvalue weighted by Crippen LogP contribution is 2.11. The lowest BCUT2D eigenvalue weighted by Crippen LogP contribution is -2.39. The molecule has 18 heavy (non-hydrogen) atoms. The summed E-state index contributed by atoms with van der Waals surface area (Å²) in [5, 5.41) is 2.73. The van der Waals surface area contributed by atoms with Crippen LogP contribution in [0.2, 0.25) is 0 Å². The molecule has 1 rings (SSSR count). The number of rotatable bonds is 6. The van der Waals surface area contributed by atoms with Crippen LogP contribution in [-0.2, 0) is 20.9 Å². The van der Waals surface area contributed by atoms with E-state index in [1.165, 1.54) is 7.11 Å². The van der Waals surface area contributed by atoms with E-state index in [0.717, 1.165) is 5.56 Å². The van der Waals surface area contributed by atoms with E-state index in [2.05, 4.69) is 5.32 Å². The molecular formula is C12H19ClN2O3. The van der Waals surface area contributed by atoms with Gasteiger partial charge in [-0.3, -0.25) is 4.79 Å². The second-order valence-corrected chi connectivity index (χ2v) is 3.68. The Kier molecular flexibility index (Phi) is 8.32. The van der Waals surface area contributed by atoms with Gasteiger partial charge in [-0.05, 0) is 17.7 Å². The Bertz CT molecular complexity index is 374. The van der Waals surface area contributed by atoms with Gasteiger partial charge in [0, 0.05) is 19.9 Å². The molecule has 0 saturated heterocycles. The van der Waals surface area contributed by atoms with Crippen molar-refractivity contribution in [3.05, 3.63) is 29.8 Å². The van der Waals surface area contributed by atoms with Crippen molar-refractivity contribution in [2.45, 2.75) is 12.6 Å². The van der Waals surface area contributed by atoms with Crippen molar-refractivity contribution in [2.75, 3.05) is 26.1 Å². The molecule has 0 fully saturated rings. The molecule has 3 N–H and O–H groups in total. The summed E-state index contributed by atoms with van der Waals surface area (Å²) in [6, 6.07) is 6.77. The third-order valence-electron chi connectivity index (χ3n) is 2.19. The summed E-state index contributed by atoms with van der Waals surface area (Å²) in [5.41, 5.74) is 7.31. The average molecular weight is 275 g/mol. The van der Waals surface area contributed by atoms with Crippen LogP contribution in [0.15, 0.2) is 24.3 Å². The lowest BCUT2D eigenvalue weighted by Gasteiger charge is -2.11. The predicted octanol–water partition coefficient (Wildman–Crippen LogP) is 1.17. The SMILES string of the molecule is COCc1cccc(NC(=O)C(N)COC)c1.Cl. The zero-order valence-electron chi connectivity index (χ0n) is 10.5. The molecule has 0 spiro atoms. The fraction of sp³-hybridized carbons (Fsp3) is 0.417. The van der Waals surface area contributed by atoms with Crippen molar-refractivity contribution in [1.29, 1.82) is 0 Å². The Labute approximate surface area is 113 Å². The molecule has 0 saturated carbocycles. The van der Waals surface area contributed by atoms with Gasteiger partial charge in [0.15, 0.2) is 0 Å². The fourth-order valence-corrected chi connectivity index (χ4v) is 1.40. The summed E-state index contributed by atoms with van der Waals surface area (Å²) >= 11 is 0. The maximum atomic E-state index is 11.6. The topological polar surface area (TPSA) is 73.6 Å². The summed E-state index contributed by atoms with van der Waals surface area (Å²) in [6.07, 6.45) is 0. The smallest absolute Gasteiger partial charge is 0.243 e. The van der Waals surface area contributed by atoms with Gasteiger partial charge in [-0.2, -0.15) is 0 Å². The van der Waals surface area contributed by atoms with E-state index in [9.17, 15) is 4.79 Å². The molecule has 1 atom stereocenters. The van der Waals surface area contributed by atoms with Crippen molar-refractivity contribution in [1.82, 2.24) is 0 Å². The Hall–Kier alpha value is -1.14. The number of halogens is 1. The molecule has 1 aromatic carbocycles. The van der Waals surface area contributed by atoms with Crippen molar-refractivity contribution in [3.8, 4) is 0 Å². The van der Waals surface area contributed by atoms with Gasteiger partial charge in [-0.25, -0.2) is 0 Å². The van der Waals surface area contributed by atoms with E-state index in [1.807, 2.05) is 18.2 Å². The highest BCUT2D eigenvalue weighted by Gasteiger charge is 2.12. The van der Waals surface area contributed by atoms with Gasteiger partial charge < -0.3 is 20.5 Å². The van der Waals surface area contributed by atoms with Crippen LogP contribution in [0, 0.1) is 0 Å². The summed E-state index contributed by atoms with van der Waals surface area (Å²) in [4.78, 5) is 11.6. The minimum atomic E-state index is -0.661. The van der Waals surface area contributed by atoms with Gasteiger partial charge in [0.1, 0.15) is 6.04 Å². The predicted molar refractivity (Wildman–Crippen MR) is 72.9 cm³/mol. The fourth-order valence-electron chi connectivity index (χ4n) is 1.40. The number of hydrogen-bond donors (Lipinski definition) is 2. The number of amides is 1. The summed E-state index contributed by atoms with van der Waals surface area (Å²) in [5.74, 6) is -0.263. The van der Waals surface area contributed by atoms with Gasteiger partial charge in [0.25, 0.3) is 0 Å². The second kappa shape index (κ2) is 8.88. The van der Waals surface area contributed by atoms with E-state index in [4.69, 9.17) is 15.2 Å². The number of nitrogens with one attached hydrogen (secondary N) is 1. The minimum Gasteiger partial charge on any atom is -0.383 e. The van der Waals surface area contributed by atoms with Gasteiger partial charge in [-0.15, -0.1) is 12.4 Å². The first-order valence-corrected chi connectivity index (χ1v) is 5.30. The number of methoxy groups -OCH3 is 2. The number of anilines is 1. The number of carbonyl (C=O) groups is 1. The van der Waals surface area contributed by atoms with Crippen LogP contribution in [0.4, 0.5) is 5.69 Å². The number of nitrogens with two attached hydrogens (primary N) is 1. The summed E-state index contributed by atoms with van der Waals surface area (Å²) < 4.78 is 9.84. The normalized spacial score (nSPS) is 11.5. The molecule has 0 aliphatic heterocycles. The lowest BCUT2D eigenvalue weighted by molar-refractivity contribution is -0.118. The van der Waals surface area contributed by atoms with Crippen LogP contribution in [0.5, 0.6) is 0 Å². The van der Waals surface area contributed by atoms with Crippen molar-refractivity contribution < 1.29 is 14.3 Å². The quantitative estimate of drug-likeness (QED) is 0.817. The molecule has 0 aliphatic carbocycles. The molecule has 6 heteroatoms. The number of carbonyl (C=O) groups excluding carboxylic acids is 1. The molecule has 1 aromatic rings. The summed E-state index contributed by atoms with van der Waals surface area (Å²) in [7, 11) is 3.13. The first kappa shape index (κ1) is 16.9. The molecule has 0 aliphatic rings. The van der Waals surface area contributed by atoms with Crippen LogP contribution in [0.25, 0.3) is 0 Å². The maximum absolute atomic E-state index is 11.6. The van der Waals surface area contributed by atoms with Crippen LogP contribution >= 0.6 is 12.4 Å². The zero-order chi connectivity index (χ0) is 12.7. The average Bonchev–Trinajstić information content (AvgIpc) is 2.30. The van der Waals surface area contributed by atoms with Gasteiger partial charge in [-0.1, -0.05) is 12.1 Å². The number of benzene rings is 1. The van der Waals surface area contributed by atoms with Crippen LogP contribution in [-0.4, -0.2) is 32.8 Å². The standard InChI is InChI=1S/C12H18N2O3.ClH/c1-16-7-9-4-3-5-10(6-9)14-12(15)11(13)8-17-2;/h3-6,11H,7-8,13H2,1-2H3,(H,14,15);1H. The molecule has 0 heterocycles. The van der Waals surface area contributed by atoms with Crippen molar-refractivity contribution >= 4 is 24.0 Å². The monoisotopic (exact) mass is 274 g/mol. The molecule has 1 amide bonds. The Morgan fingerprint density at radius 3 is 2.72 bits per heavy atom. The third-order valence-corrected chi connectivity index (χ3v) is 2.19. The van der Waals surface area contributed by atoms with E-state index >= 15 is 0 Å². The lowest BCUT2D eigenvalue weighted by atomic mass is 10.2. The van der Waals surface area contributed by atoms with E-state index in [0.29, 0.717) is 12.3 Å². The highest BCUT2D eigenvalue weighted by atomic mass is 35.5. The van der Waals surface area contributed by atoms with Crippen LogP contribution < -0.4 is 11.1 Å². The summed E-state index contributed by atoms with van der Waals surface area (Å²) in [6.45, 7) is 0.706. The molecular weight excluding hydrogens is 256 g/mol. The minimum absolute atomic E-state index is 0. The Morgan fingerprint density at radius 1 is 1.39 bits per heavy atom. The van der Waals surface area contributed by atoms with E-state index < -0.39 is 6.04 Å². The number of ether oxygens (including phenoxy) is 2. The van der Waals surface area contributed by atoms with Gasteiger partial charge >= 0.3 is 0 Å². The Morgan fingerprint density at radius 2 is 2.11 bits per heavy atom. The molecule has 1 unspecified atom stereocenters. The molecule has 102 valence electrons. The van der Waals surface area contributed by atoms with Crippen molar-refractivity contribution in [2.24, 2.45) is 5.73 Å². The van der Waals surface area contributed by atoms with Crippen LogP contribution in [0.1, 0.15) is 5.56 Å². The first-order valence-electron chi connectivity index (χ1n) is 5.30. The Balaban J connectivity index is 0.00000289. The highest BCUT2D eigenvalue weighted by molar-refractivity contribution is 5.94. The molecule has 0 aromatic heterocycles. The third kappa shape index (κ3) is 5.46. The number of hydrogen-bond acceptors (Lipinski definition) is 4. The second-order valence-electron chi connectivity index (χ2n) is 3.68. The van der Waals surface area contributed by atoms with Gasteiger partial charge in [0.2, 0.25) is 5.91 Å².